The first kappa shape index (κ1) is 18.0. The molecule has 0 aliphatic carbocycles. The monoisotopic (exact) mass is 381 g/mol. The third kappa shape index (κ3) is 3.43. The van der Waals surface area contributed by atoms with E-state index < -0.39 is 0 Å². The van der Waals surface area contributed by atoms with E-state index in [0.29, 0.717) is 30.3 Å². The summed E-state index contributed by atoms with van der Waals surface area (Å²) in [6.45, 7) is 2.24. The van der Waals surface area contributed by atoms with Gasteiger partial charge in [-0.05, 0) is 42.3 Å². The number of nitrogens with zero attached hydrogens (tertiary/aromatic N) is 1. The number of halogens is 1. The molecule has 144 valence electrons. The lowest BCUT2D eigenvalue weighted by molar-refractivity contribution is -0.116. The molecule has 7 heteroatoms. The molecule has 6 nitrogen and oxygen atoms in total. The van der Waals surface area contributed by atoms with Crippen LogP contribution in [0, 0.1) is 12.7 Å². The van der Waals surface area contributed by atoms with Gasteiger partial charge in [-0.2, -0.15) is 5.10 Å². The van der Waals surface area contributed by atoms with Crippen molar-refractivity contribution in [2.75, 3.05) is 12.4 Å². The average Bonchev–Trinajstić information content (AvgIpc) is 3.07. The molecule has 2 aromatic carbocycles. The van der Waals surface area contributed by atoms with Crippen molar-refractivity contribution >= 4 is 11.7 Å². The Balaban J connectivity index is 1.59. The van der Waals surface area contributed by atoms with Crippen molar-refractivity contribution in [1.82, 2.24) is 10.2 Å². The number of H-pyrrole nitrogens is 1. The molecular formula is C21H20FN3O3. The predicted octanol–water partition coefficient (Wildman–Crippen LogP) is 3.92. The Labute approximate surface area is 161 Å². The maximum atomic E-state index is 13.0. The zero-order valence-electron chi connectivity index (χ0n) is 15.6. The van der Waals surface area contributed by atoms with Crippen molar-refractivity contribution in [2.24, 2.45) is 0 Å². The number of anilines is 1. The van der Waals surface area contributed by atoms with Crippen molar-refractivity contribution in [3.8, 4) is 11.5 Å². The SMILES string of the molecule is COc1cc([C@H]2CC(=O)Nc3n[nH]c(C)c32)ccc1OCc1ccc(F)cc1. The van der Waals surface area contributed by atoms with E-state index >= 15 is 0 Å². The van der Waals surface area contributed by atoms with E-state index in [9.17, 15) is 9.18 Å². The number of nitrogens with one attached hydrogen (secondary N) is 2. The Morgan fingerprint density at radius 1 is 1.18 bits per heavy atom. The topological polar surface area (TPSA) is 76.2 Å². The Bertz CT molecular complexity index is 1010. The van der Waals surface area contributed by atoms with Crippen molar-refractivity contribution in [2.45, 2.75) is 25.9 Å². The third-order valence-electron chi connectivity index (χ3n) is 4.89. The second-order valence-corrected chi connectivity index (χ2v) is 6.74. The Hall–Kier alpha value is -3.35. The number of carbonyl (C=O) groups excluding carboxylic acids is 1. The molecule has 1 aliphatic rings. The highest BCUT2D eigenvalue weighted by Crippen LogP contribution is 2.40. The largest absolute Gasteiger partial charge is 0.493 e. The van der Waals surface area contributed by atoms with Crippen LogP contribution in [0.15, 0.2) is 42.5 Å². The Kier molecular flexibility index (Phi) is 4.73. The number of aromatic nitrogens is 2. The number of benzene rings is 2. The van der Waals surface area contributed by atoms with Gasteiger partial charge in [0.25, 0.3) is 0 Å². The highest BCUT2D eigenvalue weighted by molar-refractivity contribution is 5.94. The van der Waals surface area contributed by atoms with Crippen molar-refractivity contribution in [1.29, 1.82) is 0 Å². The van der Waals surface area contributed by atoms with E-state index in [4.69, 9.17) is 9.47 Å². The molecule has 1 amide bonds. The van der Waals surface area contributed by atoms with Gasteiger partial charge >= 0.3 is 0 Å². The highest BCUT2D eigenvalue weighted by atomic mass is 19.1. The molecule has 0 spiro atoms. The zero-order valence-corrected chi connectivity index (χ0v) is 15.6. The Morgan fingerprint density at radius 2 is 1.96 bits per heavy atom. The van der Waals surface area contributed by atoms with Gasteiger partial charge in [0.05, 0.1) is 7.11 Å². The lowest BCUT2D eigenvalue weighted by atomic mass is 9.85. The normalized spacial score (nSPS) is 15.7. The van der Waals surface area contributed by atoms with E-state index in [-0.39, 0.29) is 17.6 Å². The summed E-state index contributed by atoms with van der Waals surface area (Å²) in [6, 6.07) is 11.8. The van der Waals surface area contributed by atoms with Gasteiger partial charge in [0.15, 0.2) is 17.3 Å². The number of amides is 1. The first-order chi connectivity index (χ1) is 13.5. The number of aromatic amines is 1. The summed E-state index contributed by atoms with van der Waals surface area (Å²) >= 11 is 0. The van der Waals surface area contributed by atoms with Crippen LogP contribution in [-0.2, 0) is 11.4 Å². The molecule has 0 bridgehead atoms. The van der Waals surface area contributed by atoms with Gasteiger partial charge in [-0.25, -0.2) is 4.39 Å². The number of hydrogen-bond donors (Lipinski definition) is 2. The number of carbonyl (C=O) groups is 1. The minimum Gasteiger partial charge on any atom is -0.493 e. The first-order valence-corrected chi connectivity index (χ1v) is 8.95. The van der Waals surface area contributed by atoms with Crippen LogP contribution in [0.5, 0.6) is 11.5 Å². The molecule has 1 atom stereocenters. The van der Waals surface area contributed by atoms with Crippen LogP contribution in [0.3, 0.4) is 0 Å². The van der Waals surface area contributed by atoms with Crippen molar-refractivity contribution in [3.63, 3.8) is 0 Å². The van der Waals surface area contributed by atoms with Gasteiger partial charge in [-0.15, -0.1) is 0 Å². The molecule has 0 fully saturated rings. The van der Waals surface area contributed by atoms with Gasteiger partial charge in [0.2, 0.25) is 5.91 Å². The molecule has 1 aromatic heterocycles. The van der Waals surface area contributed by atoms with Crippen LogP contribution >= 0.6 is 0 Å². The maximum Gasteiger partial charge on any atom is 0.226 e. The van der Waals surface area contributed by atoms with Gasteiger partial charge in [-0.1, -0.05) is 18.2 Å². The number of fused-ring (bicyclic) bond motifs is 1. The van der Waals surface area contributed by atoms with Crippen molar-refractivity contribution < 1.29 is 18.7 Å². The lowest BCUT2D eigenvalue weighted by Crippen LogP contribution is -2.23. The van der Waals surface area contributed by atoms with Crippen molar-refractivity contribution in [3.05, 3.63) is 70.7 Å². The minimum atomic E-state index is -0.281. The molecule has 1 aliphatic heterocycles. The van der Waals surface area contributed by atoms with E-state index in [1.54, 1.807) is 19.2 Å². The van der Waals surface area contributed by atoms with Gasteiger partial charge in [-0.3, -0.25) is 9.89 Å². The van der Waals surface area contributed by atoms with Gasteiger partial charge < -0.3 is 14.8 Å². The molecule has 0 unspecified atom stereocenters. The fourth-order valence-corrected chi connectivity index (χ4v) is 3.48. The molecule has 2 heterocycles. The quantitative estimate of drug-likeness (QED) is 0.702. The number of rotatable bonds is 5. The smallest absolute Gasteiger partial charge is 0.226 e. The highest BCUT2D eigenvalue weighted by Gasteiger charge is 2.30. The lowest BCUT2D eigenvalue weighted by Gasteiger charge is -2.23. The van der Waals surface area contributed by atoms with Crippen LogP contribution in [0.2, 0.25) is 0 Å². The third-order valence-corrected chi connectivity index (χ3v) is 4.89. The number of methoxy groups -OCH3 is 1. The number of aryl methyl sites for hydroxylation is 1. The second kappa shape index (κ2) is 7.34. The molecule has 3 aromatic rings. The summed E-state index contributed by atoms with van der Waals surface area (Å²) in [7, 11) is 1.58. The van der Waals surface area contributed by atoms with Crippen LogP contribution in [-0.4, -0.2) is 23.2 Å². The summed E-state index contributed by atoms with van der Waals surface area (Å²) in [6.07, 6.45) is 0.340. The molecule has 0 saturated carbocycles. The van der Waals surface area contributed by atoms with E-state index in [1.165, 1.54) is 12.1 Å². The molecule has 28 heavy (non-hydrogen) atoms. The van der Waals surface area contributed by atoms with Crippen LogP contribution in [0.25, 0.3) is 0 Å². The second-order valence-electron chi connectivity index (χ2n) is 6.74. The minimum absolute atomic E-state index is 0.0698. The summed E-state index contributed by atoms with van der Waals surface area (Å²) in [5.74, 6) is 1.28. The van der Waals surface area contributed by atoms with E-state index in [0.717, 1.165) is 22.4 Å². The predicted molar refractivity (Wildman–Crippen MR) is 102 cm³/mol. The Morgan fingerprint density at radius 3 is 2.71 bits per heavy atom. The molecule has 0 saturated heterocycles. The fourth-order valence-electron chi connectivity index (χ4n) is 3.48. The van der Waals surface area contributed by atoms with Crippen LogP contribution < -0.4 is 14.8 Å². The number of ether oxygens (including phenoxy) is 2. The fraction of sp³-hybridized carbons (Fsp3) is 0.238. The standard InChI is InChI=1S/C21H20FN3O3/c1-12-20-16(10-19(26)23-21(20)25-24-12)14-5-8-17(18(9-14)27-2)28-11-13-3-6-15(22)7-4-13/h3-9,16H,10-11H2,1-2H3,(H2,23,24,25,26)/t16-/m1/s1. The summed E-state index contributed by atoms with van der Waals surface area (Å²) in [5, 5.41) is 9.91. The van der Waals surface area contributed by atoms with Crippen LogP contribution in [0.1, 0.15) is 34.7 Å². The van der Waals surface area contributed by atoms with E-state index in [1.807, 2.05) is 25.1 Å². The van der Waals surface area contributed by atoms with E-state index in [2.05, 4.69) is 15.5 Å². The summed E-state index contributed by atoms with van der Waals surface area (Å²) in [5.41, 5.74) is 3.72. The van der Waals surface area contributed by atoms with Crippen LogP contribution in [0.4, 0.5) is 10.2 Å². The summed E-state index contributed by atoms with van der Waals surface area (Å²) < 4.78 is 24.4. The molecule has 2 N–H and O–H groups in total. The average molecular weight is 381 g/mol. The molecular weight excluding hydrogens is 361 g/mol. The zero-order chi connectivity index (χ0) is 19.7. The maximum absolute atomic E-state index is 13.0. The summed E-state index contributed by atoms with van der Waals surface area (Å²) in [4.78, 5) is 12.1. The molecule has 0 radical (unpaired) electrons. The van der Waals surface area contributed by atoms with Gasteiger partial charge in [0.1, 0.15) is 12.4 Å². The number of hydrogen-bond acceptors (Lipinski definition) is 4. The molecule has 4 rings (SSSR count). The first-order valence-electron chi connectivity index (χ1n) is 8.95. The van der Waals surface area contributed by atoms with Gasteiger partial charge in [0, 0.05) is 23.6 Å².